The van der Waals surface area contributed by atoms with E-state index in [1.165, 1.54) is 17.7 Å². The van der Waals surface area contributed by atoms with Gasteiger partial charge in [0.1, 0.15) is 0 Å². The molecule has 22 heavy (non-hydrogen) atoms. The quantitative estimate of drug-likeness (QED) is 0.395. The molecule has 0 saturated heterocycles. The number of hydrogen-bond acceptors (Lipinski definition) is 4. The van der Waals surface area contributed by atoms with Crippen molar-refractivity contribution in [3.63, 3.8) is 0 Å². The molecule has 2 aromatic rings. The molecule has 0 saturated carbocycles. The number of esters is 1. The Morgan fingerprint density at radius 1 is 1.18 bits per heavy atom. The third-order valence-electron chi connectivity index (χ3n) is 3.50. The molecule has 3 rings (SSSR count). The Labute approximate surface area is 130 Å². The Balaban J connectivity index is 1.64. The molecule has 0 fully saturated rings. The van der Waals surface area contributed by atoms with Crippen LogP contribution < -0.4 is 10.5 Å². The van der Waals surface area contributed by atoms with Gasteiger partial charge in [-0.05, 0) is 23.9 Å². The van der Waals surface area contributed by atoms with Crippen LogP contribution in [0.3, 0.4) is 0 Å². The molecule has 0 amide bonds. The molecular formula is C17H17BN2O2. The fraction of sp³-hybridized carbons (Fsp3) is 0.235. The lowest BCUT2D eigenvalue weighted by Crippen LogP contribution is -2.36. The second-order valence-electron chi connectivity index (χ2n) is 5.20. The van der Waals surface area contributed by atoms with E-state index in [4.69, 9.17) is 4.74 Å². The van der Waals surface area contributed by atoms with Crippen LogP contribution in [-0.4, -0.2) is 19.6 Å². The average Bonchev–Trinajstić information content (AvgIpc) is 2.51. The van der Waals surface area contributed by atoms with Gasteiger partial charge < -0.3 is 15.2 Å². The zero-order valence-corrected chi connectivity index (χ0v) is 12.5. The van der Waals surface area contributed by atoms with Crippen LogP contribution in [-0.2, 0) is 9.53 Å². The van der Waals surface area contributed by atoms with Crippen LogP contribution in [0.2, 0.25) is 0 Å². The summed E-state index contributed by atoms with van der Waals surface area (Å²) in [6.45, 7) is 1.74. The summed E-state index contributed by atoms with van der Waals surface area (Å²) in [6.07, 6.45) is 1.46. The van der Waals surface area contributed by atoms with Crippen LogP contribution >= 0.6 is 0 Å². The molecule has 0 spiro atoms. The minimum absolute atomic E-state index is 0.103. The van der Waals surface area contributed by atoms with E-state index in [2.05, 4.69) is 46.5 Å². The largest absolute Gasteiger partial charge is 0.466 e. The lowest BCUT2D eigenvalue weighted by molar-refractivity contribution is -0.141. The average molecular weight is 292 g/mol. The molecule has 1 heterocycles. The Morgan fingerprint density at radius 2 is 1.86 bits per heavy atom. The maximum Gasteiger partial charge on any atom is 0.460 e. The minimum Gasteiger partial charge on any atom is -0.466 e. The lowest BCUT2D eigenvalue weighted by atomic mass is 9.74. The van der Waals surface area contributed by atoms with Crippen molar-refractivity contribution in [2.45, 2.75) is 19.8 Å². The van der Waals surface area contributed by atoms with Crippen molar-refractivity contribution in [2.75, 3.05) is 17.1 Å². The molecule has 2 aromatic carbocycles. The summed E-state index contributed by atoms with van der Waals surface area (Å²) in [7, 11) is 0. The first-order valence-corrected chi connectivity index (χ1v) is 7.40. The van der Waals surface area contributed by atoms with Crippen LogP contribution in [0.5, 0.6) is 0 Å². The van der Waals surface area contributed by atoms with Crippen LogP contribution in [0, 0.1) is 11.7 Å². The number of nitrogens with one attached hydrogen (secondary N) is 2. The van der Waals surface area contributed by atoms with Gasteiger partial charge in [-0.1, -0.05) is 30.1 Å². The second kappa shape index (κ2) is 6.44. The van der Waals surface area contributed by atoms with Gasteiger partial charge >= 0.3 is 13.0 Å². The van der Waals surface area contributed by atoms with Crippen molar-refractivity contribution < 1.29 is 9.53 Å². The SMILES string of the molecule is CC(=O)OCCCC#CB1Nc2cccc3cccc(c23)N1. The summed E-state index contributed by atoms with van der Waals surface area (Å²) in [4.78, 5) is 10.7. The van der Waals surface area contributed by atoms with Gasteiger partial charge in [0, 0.05) is 30.1 Å². The molecule has 0 unspecified atom stereocenters. The highest BCUT2D eigenvalue weighted by Crippen LogP contribution is 2.33. The highest BCUT2D eigenvalue weighted by Gasteiger charge is 2.21. The first-order valence-electron chi connectivity index (χ1n) is 7.40. The molecule has 0 aromatic heterocycles. The van der Waals surface area contributed by atoms with Crippen LogP contribution in [0.15, 0.2) is 36.4 Å². The van der Waals surface area contributed by atoms with Crippen molar-refractivity contribution in [1.82, 2.24) is 0 Å². The molecule has 1 aliphatic rings. The van der Waals surface area contributed by atoms with Crippen molar-refractivity contribution in [1.29, 1.82) is 0 Å². The van der Waals surface area contributed by atoms with Gasteiger partial charge in [0.25, 0.3) is 0 Å². The van der Waals surface area contributed by atoms with Gasteiger partial charge in [0.2, 0.25) is 0 Å². The predicted molar refractivity (Wildman–Crippen MR) is 90.6 cm³/mol. The Bertz CT molecular complexity index is 723. The standard InChI is InChI=1S/C17H17BN2O2/c1-13(21)22-12-4-2-3-11-18-19-15-9-5-7-14-8-6-10-16(20-18)17(14)15/h5-10,19-20H,2,4,12H2,1H3. The zero-order valence-electron chi connectivity index (χ0n) is 12.5. The summed E-state index contributed by atoms with van der Waals surface area (Å²) >= 11 is 0. The van der Waals surface area contributed by atoms with Crippen molar-refractivity contribution in [3.05, 3.63) is 36.4 Å². The van der Waals surface area contributed by atoms with Crippen LogP contribution in [0.4, 0.5) is 11.4 Å². The van der Waals surface area contributed by atoms with Crippen LogP contribution in [0.1, 0.15) is 19.8 Å². The summed E-state index contributed by atoms with van der Waals surface area (Å²) < 4.78 is 4.88. The molecule has 0 bridgehead atoms. The van der Waals surface area contributed by atoms with Gasteiger partial charge in [0.05, 0.1) is 6.61 Å². The lowest BCUT2D eigenvalue weighted by Gasteiger charge is -2.23. The first kappa shape index (κ1) is 14.3. The summed E-state index contributed by atoms with van der Waals surface area (Å²) in [6, 6.07) is 12.4. The molecule has 1 aliphatic heterocycles. The number of anilines is 2. The molecular weight excluding hydrogens is 275 g/mol. The van der Waals surface area contributed by atoms with Crippen molar-refractivity contribution in [2.24, 2.45) is 0 Å². The summed E-state index contributed by atoms with van der Waals surface area (Å²) in [5.41, 5.74) is 2.21. The number of rotatable bonds is 3. The fourth-order valence-corrected chi connectivity index (χ4v) is 2.55. The van der Waals surface area contributed by atoms with E-state index in [1.807, 2.05) is 12.1 Å². The third kappa shape index (κ3) is 3.17. The smallest absolute Gasteiger partial charge is 0.460 e. The molecule has 0 atom stereocenters. The first-order chi connectivity index (χ1) is 10.7. The summed E-state index contributed by atoms with van der Waals surface area (Å²) in [5.74, 6) is 6.06. The highest BCUT2D eigenvalue weighted by molar-refractivity contribution is 6.75. The van der Waals surface area contributed by atoms with Gasteiger partial charge in [-0.3, -0.25) is 4.79 Å². The summed E-state index contributed by atoms with van der Waals surface area (Å²) in [5, 5.41) is 9.22. The topological polar surface area (TPSA) is 50.4 Å². The number of ether oxygens (including phenoxy) is 1. The molecule has 0 aliphatic carbocycles. The number of carbonyl (C=O) groups is 1. The molecule has 0 radical (unpaired) electrons. The number of carbonyl (C=O) groups excluding carboxylic acids is 1. The van der Waals surface area contributed by atoms with Gasteiger partial charge in [-0.25, -0.2) is 0 Å². The van der Waals surface area contributed by atoms with E-state index < -0.39 is 0 Å². The minimum atomic E-state index is -0.242. The Hall–Kier alpha value is -2.61. The van der Waals surface area contributed by atoms with E-state index in [9.17, 15) is 4.79 Å². The molecule has 110 valence electrons. The fourth-order valence-electron chi connectivity index (χ4n) is 2.55. The number of benzene rings is 2. The monoisotopic (exact) mass is 292 g/mol. The molecule has 5 heteroatoms. The maximum absolute atomic E-state index is 10.7. The number of hydrogen-bond donors (Lipinski definition) is 2. The van der Waals surface area contributed by atoms with E-state index in [-0.39, 0.29) is 13.0 Å². The second-order valence-corrected chi connectivity index (χ2v) is 5.20. The normalized spacial score (nSPS) is 12.0. The third-order valence-corrected chi connectivity index (χ3v) is 3.50. The van der Waals surface area contributed by atoms with Gasteiger partial charge in [-0.15, -0.1) is 5.92 Å². The van der Waals surface area contributed by atoms with E-state index >= 15 is 0 Å². The maximum atomic E-state index is 10.7. The van der Waals surface area contributed by atoms with Gasteiger partial charge in [0.15, 0.2) is 0 Å². The van der Waals surface area contributed by atoms with E-state index in [0.717, 1.165) is 17.8 Å². The van der Waals surface area contributed by atoms with E-state index in [0.29, 0.717) is 13.0 Å². The highest BCUT2D eigenvalue weighted by atomic mass is 16.5. The van der Waals surface area contributed by atoms with Crippen molar-refractivity contribution in [3.8, 4) is 11.7 Å². The van der Waals surface area contributed by atoms with Gasteiger partial charge in [-0.2, -0.15) is 0 Å². The Morgan fingerprint density at radius 3 is 2.50 bits per heavy atom. The number of unbranched alkanes of at least 4 members (excludes halogenated alkanes) is 1. The molecule has 4 nitrogen and oxygen atoms in total. The Kier molecular flexibility index (Phi) is 4.20. The van der Waals surface area contributed by atoms with Crippen LogP contribution in [0.25, 0.3) is 10.8 Å². The zero-order chi connectivity index (χ0) is 15.4. The predicted octanol–water partition coefficient (Wildman–Crippen LogP) is 3.05. The van der Waals surface area contributed by atoms with Crippen molar-refractivity contribution >= 4 is 35.1 Å². The van der Waals surface area contributed by atoms with E-state index in [1.54, 1.807) is 0 Å². The molecule has 2 N–H and O–H groups in total.